The highest BCUT2D eigenvalue weighted by atomic mass is 16.1. The third-order valence-corrected chi connectivity index (χ3v) is 4.58. The summed E-state index contributed by atoms with van der Waals surface area (Å²) in [6.45, 7) is 2.58. The van der Waals surface area contributed by atoms with Gasteiger partial charge in [-0.25, -0.2) is 0 Å². The highest BCUT2D eigenvalue weighted by Crippen LogP contribution is 2.18. The fourth-order valence-corrected chi connectivity index (χ4v) is 3.41. The van der Waals surface area contributed by atoms with E-state index in [0.717, 1.165) is 29.6 Å². The Kier molecular flexibility index (Phi) is 4.45. The molecule has 2 heterocycles. The van der Waals surface area contributed by atoms with Gasteiger partial charge in [0.2, 0.25) is 5.91 Å². The first-order valence-electron chi connectivity index (χ1n) is 8.29. The second-order valence-electron chi connectivity index (χ2n) is 6.32. The molecule has 0 radical (unpaired) electrons. The summed E-state index contributed by atoms with van der Waals surface area (Å²) in [5.41, 5.74) is 3.01. The molecule has 1 aliphatic rings. The lowest BCUT2D eigenvalue weighted by atomic mass is 10.1. The van der Waals surface area contributed by atoms with E-state index in [0.29, 0.717) is 19.0 Å². The standard InChI is InChI=1S/C16H25N5O/c1-12-16-14(20(2)19-12)11-17-21(16)10-9-15(22)18-13-7-5-3-4-6-8-13/h11,13H,3-10H2,1-2H3,(H,18,22). The number of aryl methyl sites for hydroxylation is 3. The van der Waals surface area contributed by atoms with Gasteiger partial charge >= 0.3 is 0 Å². The number of fused-ring (bicyclic) bond motifs is 1. The van der Waals surface area contributed by atoms with Crippen LogP contribution in [0.25, 0.3) is 11.0 Å². The topological polar surface area (TPSA) is 64.7 Å². The minimum absolute atomic E-state index is 0.136. The maximum atomic E-state index is 12.2. The largest absolute Gasteiger partial charge is 0.353 e. The van der Waals surface area contributed by atoms with Crippen molar-refractivity contribution in [2.45, 2.75) is 64.5 Å². The summed E-state index contributed by atoms with van der Waals surface area (Å²) < 4.78 is 3.73. The van der Waals surface area contributed by atoms with Crippen LogP contribution in [0.5, 0.6) is 0 Å². The van der Waals surface area contributed by atoms with Gasteiger partial charge in [-0.15, -0.1) is 0 Å². The molecule has 6 heteroatoms. The lowest BCUT2D eigenvalue weighted by Gasteiger charge is -2.16. The molecule has 1 saturated carbocycles. The number of nitrogens with zero attached hydrogens (tertiary/aromatic N) is 4. The summed E-state index contributed by atoms with van der Waals surface area (Å²) in [7, 11) is 1.92. The molecule has 0 bridgehead atoms. The monoisotopic (exact) mass is 303 g/mol. The van der Waals surface area contributed by atoms with Gasteiger partial charge in [-0.1, -0.05) is 25.7 Å². The van der Waals surface area contributed by atoms with Gasteiger partial charge in [0, 0.05) is 19.5 Å². The molecule has 1 N–H and O–H groups in total. The zero-order chi connectivity index (χ0) is 15.5. The van der Waals surface area contributed by atoms with E-state index < -0.39 is 0 Å². The van der Waals surface area contributed by atoms with Crippen molar-refractivity contribution in [2.75, 3.05) is 0 Å². The molecule has 2 aromatic heterocycles. The fourth-order valence-electron chi connectivity index (χ4n) is 3.41. The summed E-state index contributed by atoms with van der Waals surface area (Å²) in [5.74, 6) is 0.136. The molecule has 1 fully saturated rings. The van der Waals surface area contributed by atoms with E-state index in [1.165, 1.54) is 25.7 Å². The van der Waals surface area contributed by atoms with Crippen LogP contribution in [0.1, 0.15) is 50.6 Å². The van der Waals surface area contributed by atoms with Crippen molar-refractivity contribution in [1.29, 1.82) is 0 Å². The van der Waals surface area contributed by atoms with Crippen LogP contribution in [0.2, 0.25) is 0 Å². The molecular weight excluding hydrogens is 278 g/mol. The Bertz CT molecular complexity index is 649. The molecule has 0 saturated heterocycles. The first-order chi connectivity index (χ1) is 10.6. The Hall–Kier alpha value is -1.85. The highest BCUT2D eigenvalue weighted by Gasteiger charge is 2.16. The van der Waals surface area contributed by atoms with Crippen molar-refractivity contribution >= 4 is 16.9 Å². The molecule has 0 spiro atoms. The van der Waals surface area contributed by atoms with E-state index in [1.807, 2.05) is 29.5 Å². The van der Waals surface area contributed by atoms with Crippen LogP contribution < -0.4 is 5.32 Å². The molecule has 3 rings (SSSR count). The minimum Gasteiger partial charge on any atom is -0.353 e. The Morgan fingerprint density at radius 1 is 1.32 bits per heavy atom. The first kappa shape index (κ1) is 15.1. The van der Waals surface area contributed by atoms with Crippen molar-refractivity contribution in [3.05, 3.63) is 11.9 Å². The average molecular weight is 303 g/mol. The SMILES string of the molecule is Cc1nn(C)c2cnn(CCC(=O)NC3CCCCCC3)c12. The minimum atomic E-state index is 0.136. The fraction of sp³-hybridized carbons (Fsp3) is 0.688. The van der Waals surface area contributed by atoms with Gasteiger partial charge in [-0.3, -0.25) is 14.2 Å². The highest BCUT2D eigenvalue weighted by molar-refractivity contribution is 5.78. The summed E-state index contributed by atoms with van der Waals surface area (Å²) in [6, 6.07) is 0.368. The smallest absolute Gasteiger partial charge is 0.222 e. The Labute approximate surface area is 130 Å². The second kappa shape index (κ2) is 6.50. The van der Waals surface area contributed by atoms with Crippen LogP contribution in [0.3, 0.4) is 0 Å². The third kappa shape index (κ3) is 3.15. The van der Waals surface area contributed by atoms with Crippen LogP contribution >= 0.6 is 0 Å². The Balaban J connectivity index is 1.58. The van der Waals surface area contributed by atoms with Gasteiger partial charge in [-0.2, -0.15) is 10.2 Å². The molecular formula is C16H25N5O. The summed E-state index contributed by atoms with van der Waals surface area (Å²) in [5, 5.41) is 12.0. The zero-order valence-electron chi connectivity index (χ0n) is 13.5. The van der Waals surface area contributed by atoms with E-state index >= 15 is 0 Å². The number of rotatable bonds is 4. The van der Waals surface area contributed by atoms with E-state index in [-0.39, 0.29) is 5.91 Å². The van der Waals surface area contributed by atoms with Crippen LogP contribution in [0.4, 0.5) is 0 Å². The molecule has 6 nitrogen and oxygen atoms in total. The number of aromatic nitrogens is 4. The summed E-state index contributed by atoms with van der Waals surface area (Å²) in [6.07, 6.45) is 9.62. The summed E-state index contributed by atoms with van der Waals surface area (Å²) >= 11 is 0. The van der Waals surface area contributed by atoms with Crippen LogP contribution in [-0.2, 0) is 18.4 Å². The van der Waals surface area contributed by atoms with Gasteiger partial charge in [0.25, 0.3) is 0 Å². The predicted molar refractivity (Wildman–Crippen MR) is 85.5 cm³/mol. The van der Waals surface area contributed by atoms with Gasteiger partial charge in [0.05, 0.1) is 18.4 Å². The van der Waals surface area contributed by atoms with E-state index in [2.05, 4.69) is 15.5 Å². The Morgan fingerprint density at radius 2 is 2.05 bits per heavy atom. The lowest BCUT2D eigenvalue weighted by Crippen LogP contribution is -2.34. The van der Waals surface area contributed by atoms with Crippen molar-refractivity contribution in [3.63, 3.8) is 0 Å². The quantitative estimate of drug-likeness (QED) is 0.882. The van der Waals surface area contributed by atoms with Crippen molar-refractivity contribution < 1.29 is 4.79 Å². The third-order valence-electron chi connectivity index (χ3n) is 4.58. The molecule has 0 aromatic carbocycles. The number of carbonyl (C=O) groups is 1. The lowest BCUT2D eigenvalue weighted by molar-refractivity contribution is -0.122. The maximum absolute atomic E-state index is 12.2. The van der Waals surface area contributed by atoms with E-state index in [9.17, 15) is 4.79 Å². The molecule has 0 atom stereocenters. The molecule has 0 unspecified atom stereocenters. The van der Waals surface area contributed by atoms with Gasteiger partial charge in [0.15, 0.2) is 0 Å². The van der Waals surface area contributed by atoms with E-state index in [4.69, 9.17) is 0 Å². The normalized spacial score (nSPS) is 16.8. The van der Waals surface area contributed by atoms with Crippen LogP contribution in [0.15, 0.2) is 6.20 Å². The van der Waals surface area contributed by atoms with Crippen LogP contribution in [0, 0.1) is 6.92 Å². The van der Waals surface area contributed by atoms with Crippen molar-refractivity contribution in [3.8, 4) is 0 Å². The molecule has 1 aliphatic carbocycles. The van der Waals surface area contributed by atoms with E-state index in [1.54, 1.807) is 0 Å². The summed E-state index contributed by atoms with van der Waals surface area (Å²) in [4.78, 5) is 12.2. The Morgan fingerprint density at radius 3 is 2.77 bits per heavy atom. The number of hydrogen-bond acceptors (Lipinski definition) is 3. The predicted octanol–water partition coefficient (Wildman–Crippen LogP) is 2.31. The van der Waals surface area contributed by atoms with Gasteiger partial charge < -0.3 is 5.32 Å². The molecule has 0 aliphatic heterocycles. The van der Waals surface area contributed by atoms with Crippen molar-refractivity contribution in [1.82, 2.24) is 24.9 Å². The zero-order valence-corrected chi connectivity index (χ0v) is 13.5. The van der Waals surface area contributed by atoms with Crippen LogP contribution in [-0.4, -0.2) is 31.5 Å². The van der Waals surface area contributed by atoms with Crippen molar-refractivity contribution in [2.24, 2.45) is 7.05 Å². The average Bonchev–Trinajstić information content (AvgIpc) is 2.91. The van der Waals surface area contributed by atoms with Gasteiger partial charge in [-0.05, 0) is 19.8 Å². The molecule has 1 amide bonds. The molecule has 22 heavy (non-hydrogen) atoms. The maximum Gasteiger partial charge on any atom is 0.222 e. The number of hydrogen-bond donors (Lipinski definition) is 1. The second-order valence-corrected chi connectivity index (χ2v) is 6.32. The first-order valence-corrected chi connectivity index (χ1v) is 8.29. The number of carbonyl (C=O) groups excluding carboxylic acids is 1. The van der Waals surface area contributed by atoms with Gasteiger partial charge in [0.1, 0.15) is 11.0 Å². The molecule has 120 valence electrons. The number of nitrogens with one attached hydrogen (secondary N) is 1. The number of amides is 1. The molecule has 2 aromatic rings.